The highest BCUT2D eigenvalue weighted by Gasteiger charge is 2.17. The van der Waals surface area contributed by atoms with Gasteiger partial charge >= 0.3 is 0 Å². The quantitative estimate of drug-likeness (QED) is 0.918. The lowest BCUT2D eigenvalue weighted by Crippen LogP contribution is -2.36. The molecular weight excluding hydrogens is 272 g/mol. The first-order chi connectivity index (χ1) is 9.49. The van der Waals surface area contributed by atoms with Crippen molar-refractivity contribution in [2.24, 2.45) is 5.92 Å². The van der Waals surface area contributed by atoms with Crippen molar-refractivity contribution in [3.8, 4) is 0 Å². The summed E-state index contributed by atoms with van der Waals surface area (Å²) in [5.41, 5.74) is 0. The molecule has 0 aliphatic heterocycles. The van der Waals surface area contributed by atoms with Gasteiger partial charge in [0.15, 0.2) is 11.0 Å². The Balaban J connectivity index is 2.35. The van der Waals surface area contributed by atoms with E-state index in [4.69, 9.17) is 11.6 Å². The molecule has 4 nitrogen and oxygen atoms in total. The zero-order valence-electron chi connectivity index (χ0n) is 12.4. The van der Waals surface area contributed by atoms with Gasteiger partial charge in [-0.05, 0) is 20.0 Å². The number of hydrogen-bond acceptors (Lipinski definition) is 4. The van der Waals surface area contributed by atoms with Gasteiger partial charge in [0, 0.05) is 23.4 Å². The fraction of sp³-hybridized carbons (Fsp3) is 0.467. The molecule has 0 radical (unpaired) electrons. The van der Waals surface area contributed by atoms with E-state index in [1.807, 2.05) is 24.3 Å². The van der Waals surface area contributed by atoms with Crippen molar-refractivity contribution < 1.29 is 0 Å². The molecule has 2 aromatic rings. The largest absolute Gasteiger partial charge is 0.364 e. The van der Waals surface area contributed by atoms with Crippen LogP contribution in [0.4, 0.5) is 5.82 Å². The maximum atomic E-state index is 6.10. The van der Waals surface area contributed by atoms with Gasteiger partial charge in [-0.2, -0.15) is 0 Å². The van der Waals surface area contributed by atoms with Crippen molar-refractivity contribution in [3.63, 3.8) is 0 Å². The van der Waals surface area contributed by atoms with Gasteiger partial charge in [0.1, 0.15) is 0 Å². The molecule has 0 spiro atoms. The molecule has 1 heterocycles. The Labute approximate surface area is 125 Å². The van der Waals surface area contributed by atoms with Crippen molar-refractivity contribution in [2.75, 3.05) is 26.0 Å². The van der Waals surface area contributed by atoms with E-state index in [-0.39, 0.29) is 0 Å². The summed E-state index contributed by atoms with van der Waals surface area (Å²) in [7, 11) is 4.14. The molecule has 108 valence electrons. The number of hydrogen-bond donors (Lipinski definition) is 1. The van der Waals surface area contributed by atoms with E-state index in [9.17, 15) is 0 Å². The normalized spacial score (nSPS) is 13.2. The lowest BCUT2D eigenvalue weighted by atomic mass is 10.0. The van der Waals surface area contributed by atoms with Gasteiger partial charge in [-0.1, -0.05) is 49.7 Å². The molecule has 1 unspecified atom stereocenters. The van der Waals surface area contributed by atoms with Crippen LogP contribution in [0.5, 0.6) is 0 Å². The van der Waals surface area contributed by atoms with E-state index in [1.54, 1.807) is 0 Å². The van der Waals surface area contributed by atoms with Crippen molar-refractivity contribution >= 4 is 28.2 Å². The predicted molar refractivity (Wildman–Crippen MR) is 85.4 cm³/mol. The summed E-state index contributed by atoms with van der Waals surface area (Å²) in [6.45, 7) is 5.34. The number of aromatic nitrogens is 2. The van der Waals surface area contributed by atoms with Gasteiger partial charge in [0.05, 0.1) is 0 Å². The topological polar surface area (TPSA) is 41.0 Å². The molecule has 0 saturated carbocycles. The standard InChI is InChI=1S/C15H21ClN4/c1-10(2)13(9-20(3)4)17-15-12-8-6-5-7-11(12)14(16)18-19-15/h5-8,10,13H,9H2,1-4H3,(H,17,19). The first-order valence-electron chi connectivity index (χ1n) is 6.81. The molecule has 2 rings (SSSR count). The van der Waals surface area contributed by atoms with Gasteiger partial charge in [-0.25, -0.2) is 0 Å². The minimum atomic E-state index is 0.309. The number of nitrogens with zero attached hydrogens (tertiary/aromatic N) is 3. The van der Waals surface area contributed by atoms with Crippen LogP contribution < -0.4 is 5.32 Å². The van der Waals surface area contributed by atoms with E-state index in [1.165, 1.54) is 0 Å². The second-order valence-electron chi connectivity index (χ2n) is 5.64. The zero-order valence-corrected chi connectivity index (χ0v) is 13.1. The fourth-order valence-electron chi connectivity index (χ4n) is 2.17. The Morgan fingerprint density at radius 2 is 1.80 bits per heavy atom. The van der Waals surface area contributed by atoms with Crippen LogP contribution in [0.2, 0.25) is 5.15 Å². The summed E-state index contributed by atoms with van der Waals surface area (Å²) in [6, 6.07) is 8.24. The zero-order chi connectivity index (χ0) is 14.7. The van der Waals surface area contributed by atoms with Gasteiger partial charge in [0.2, 0.25) is 0 Å². The van der Waals surface area contributed by atoms with E-state index in [0.29, 0.717) is 17.1 Å². The lowest BCUT2D eigenvalue weighted by molar-refractivity contribution is 0.344. The van der Waals surface area contributed by atoms with Crippen LogP contribution >= 0.6 is 11.6 Å². The third-order valence-corrected chi connectivity index (χ3v) is 3.61. The number of rotatable bonds is 5. The van der Waals surface area contributed by atoms with Crippen LogP contribution in [0.25, 0.3) is 10.8 Å². The van der Waals surface area contributed by atoms with E-state index in [2.05, 4.69) is 48.4 Å². The summed E-state index contributed by atoms with van der Waals surface area (Å²) >= 11 is 6.10. The third kappa shape index (κ3) is 3.38. The third-order valence-electron chi connectivity index (χ3n) is 3.33. The van der Waals surface area contributed by atoms with Crippen molar-refractivity contribution in [1.29, 1.82) is 0 Å². The van der Waals surface area contributed by atoms with Crippen molar-refractivity contribution in [3.05, 3.63) is 29.4 Å². The molecule has 1 aromatic carbocycles. The molecular formula is C15H21ClN4. The lowest BCUT2D eigenvalue weighted by Gasteiger charge is -2.26. The Kier molecular flexibility index (Phi) is 4.78. The molecule has 0 aliphatic carbocycles. The number of likely N-dealkylation sites (N-methyl/N-ethyl adjacent to an activating group) is 1. The molecule has 0 amide bonds. The fourth-order valence-corrected chi connectivity index (χ4v) is 2.37. The van der Waals surface area contributed by atoms with Crippen molar-refractivity contribution in [1.82, 2.24) is 15.1 Å². The van der Waals surface area contributed by atoms with Crippen LogP contribution in [0, 0.1) is 5.92 Å². The van der Waals surface area contributed by atoms with Crippen LogP contribution in [-0.2, 0) is 0 Å². The van der Waals surface area contributed by atoms with Gasteiger partial charge < -0.3 is 10.2 Å². The molecule has 20 heavy (non-hydrogen) atoms. The second kappa shape index (κ2) is 6.37. The predicted octanol–water partition coefficient (Wildman–Crippen LogP) is 3.28. The smallest absolute Gasteiger partial charge is 0.159 e. The van der Waals surface area contributed by atoms with Gasteiger partial charge in [0.25, 0.3) is 0 Å². The monoisotopic (exact) mass is 292 g/mol. The van der Waals surface area contributed by atoms with E-state index < -0.39 is 0 Å². The maximum absolute atomic E-state index is 6.10. The van der Waals surface area contributed by atoms with Crippen LogP contribution in [0.15, 0.2) is 24.3 Å². The number of fused-ring (bicyclic) bond motifs is 1. The molecule has 0 saturated heterocycles. The van der Waals surface area contributed by atoms with E-state index in [0.717, 1.165) is 23.1 Å². The summed E-state index contributed by atoms with van der Waals surface area (Å²) in [5.74, 6) is 1.29. The maximum Gasteiger partial charge on any atom is 0.159 e. The molecule has 1 N–H and O–H groups in total. The molecule has 5 heteroatoms. The summed E-state index contributed by atoms with van der Waals surface area (Å²) in [4.78, 5) is 2.17. The summed E-state index contributed by atoms with van der Waals surface area (Å²) in [5, 5.41) is 14.2. The summed E-state index contributed by atoms with van der Waals surface area (Å²) in [6.07, 6.45) is 0. The first kappa shape index (κ1) is 15.0. The molecule has 0 aliphatic rings. The van der Waals surface area contributed by atoms with Crippen LogP contribution in [-0.4, -0.2) is 41.8 Å². The van der Waals surface area contributed by atoms with Gasteiger partial charge in [-0.3, -0.25) is 0 Å². The highest BCUT2D eigenvalue weighted by atomic mass is 35.5. The molecule has 1 atom stereocenters. The number of benzene rings is 1. The average molecular weight is 293 g/mol. The second-order valence-corrected chi connectivity index (χ2v) is 6.00. The number of anilines is 1. The first-order valence-corrected chi connectivity index (χ1v) is 7.19. The van der Waals surface area contributed by atoms with E-state index >= 15 is 0 Å². The average Bonchev–Trinajstić information content (AvgIpc) is 2.40. The number of halogens is 1. The Bertz CT molecular complexity index is 583. The Morgan fingerprint density at radius 3 is 2.40 bits per heavy atom. The SMILES string of the molecule is CC(C)C(CN(C)C)Nc1nnc(Cl)c2ccccc12. The molecule has 1 aromatic heterocycles. The highest BCUT2D eigenvalue weighted by Crippen LogP contribution is 2.26. The minimum Gasteiger partial charge on any atom is -0.364 e. The highest BCUT2D eigenvalue weighted by molar-refractivity contribution is 6.34. The van der Waals surface area contributed by atoms with Crippen LogP contribution in [0.1, 0.15) is 13.8 Å². The Hall–Kier alpha value is -1.39. The van der Waals surface area contributed by atoms with Crippen molar-refractivity contribution in [2.45, 2.75) is 19.9 Å². The molecule has 0 fully saturated rings. The van der Waals surface area contributed by atoms with Crippen LogP contribution in [0.3, 0.4) is 0 Å². The number of nitrogens with one attached hydrogen (secondary N) is 1. The molecule has 0 bridgehead atoms. The minimum absolute atomic E-state index is 0.309. The van der Waals surface area contributed by atoms with Gasteiger partial charge in [-0.15, -0.1) is 10.2 Å². The summed E-state index contributed by atoms with van der Waals surface area (Å²) < 4.78 is 0. The Morgan fingerprint density at radius 1 is 1.15 bits per heavy atom.